The van der Waals surface area contributed by atoms with Crippen LogP contribution in [-0.2, 0) is 11.2 Å². The fraction of sp³-hybridized carbons (Fsp3) is 0.500. The number of urea groups is 1. The summed E-state index contributed by atoms with van der Waals surface area (Å²) in [6.45, 7) is 1.85. The van der Waals surface area contributed by atoms with Gasteiger partial charge in [-0.2, -0.15) is 0 Å². The number of carbonyl (C=O) groups is 1. The number of benzene rings is 1. The average Bonchev–Trinajstić information content (AvgIpc) is 2.44. The first-order valence-electron chi connectivity index (χ1n) is 6.40. The molecule has 2 N–H and O–H groups in total. The zero-order valence-electron chi connectivity index (χ0n) is 11.6. The van der Waals surface area contributed by atoms with E-state index >= 15 is 0 Å². The lowest BCUT2D eigenvalue weighted by Gasteiger charge is -2.09. The lowest BCUT2D eigenvalue weighted by Crippen LogP contribution is -2.37. The van der Waals surface area contributed by atoms with E-state index in [4.69, 9.17) is 9.47 Å². The second-order valence-corrected chi connectivity index (χ2v) is 4.09. The van der Waals surface area contributed by atoms with Gasteiger partial charge in [-0.05, 0) is 24.5 Å². The normalized spacial score (nSPS) is 10.0. The molecular weight excluding hydrogens is 244 g/mol. The molecule has 0 saturated heterocycles. The number of ether oxygens (including phenoxy) is 2. The van der Waals surface area contributed by atoms with Crippen LogP contribution in [0.25, 0.3) is 0 Å². The minimum absolute atomic E-state index is 0.147. The Kier molecular flexibility index (Phi) is 7.43. The molecule has 0 atom stereocenters. The fourth-order valence-electron chi connectivity index (χ4n) is 1.70. The molecular formula is C14H22N2O3. The van der Waals surface area contributed by atoms with Crippen molar-refractivity contribution in [2.24, 2.45) is 0 Å². The van der Waals surface area contributed by atoms with Crippen LogP contribution in [0.2, 0.25) is 0 Å². The van der Waals surface area contributed by atoms with Crippen LogP contribution in [-0.4, -0.2) is 39.9 Å². The van der Waals surface area contributed by atoms with Crippen LogP contribution < -0.4 is 15.4 Å². The summed E-state index contributed by atoms with van der Waals surface area (Å²) in [7, 11) is 3.29. The van der Waals surface area contributed by atoms with Crippen molar-refractivity contribution in [1.82, 2.24) is 10.6 Å². The largest absolute Gasteiger partial charge is 0.496 e. The van der Waals surface area contributed by atoms with E-state index in [2.05, 4.69) is 10.6 Å². The minimum atomic E-state index is -0.147. The summed E-state index contributed by atoms with van der Waals surface area (Å²) < 4.78 is 10.2. The average molecular weight is 266 g/mol. The van der Waals surface area contributed by atoms with Gasteiger partial charge in [0.05, 0.1) is 7.11 Å². The molecule has 0 aliphatic rings. The van der Waals surface area contributed by atoms with Gasteiger partial charge in [-0.15, -0.1) is 0 Å². The van der Waals surface area contributed by atoms with E-state index in [9.17, 15) is 4.79 Å². The molecule has 0 saturated carbocycles. The van der Waals surface area contributed by atoms with Gasteiger partial charge in [-0.1, -0.05) is 18.2 Å². The molecule has 0 unspecified atom stereocenters. The molecule has 5 heteroatoms. The number of hydrogen-bond donors (Lipinski definition) is 2. The smallest absolute Gasteiger partial charge is 0.314 e. The highest BCUT2D eigenvalue weighted by Crippen LogP contribution is 2.17. The Hall–Kier alpha value is -1.75. The lowest BCUT2D eigenvalue weighted by molar-refractivity contribution is 0.193. The number of hydrogen-bond acceptors (Lipinski definition) is 3. The molecule has 106 valence electrons. The maximum Gasteiger partial charge on any atom is 0.314 e. The van der Waals surface area contributed by atoms with Gasteiger partial charge in [0.2, 0.25) is 0 Å². The summed E-state index contributed by atoms with van der Waals surface area (Å²) in [4.78, 5) is 11.5. The first kappa shape index (κ1) is 15.3. The Morgan fingerprint density at radius 3 is 2.63 bits per heavy atom. The first-order chi connectivity index (χ1) is 9.27. The Morgan fingerprint density at radius 2 is 1.89 bits per heavy atom. The maximum atomic E-state index is 11.5. The number of carbonyl (C=O) groups excluding carboxylic acids is 1. The number of amides is 2. The predicted molar refractivity (Wildman–Crippen MR) is 74.6 cm³/mol. The van der Waals surface area contributed by atoms with E-state index in [0.29, 0.717) is 19.7 Å². The van der Waals surface area contributed by atoms with Crippen molar-refractivity contribution in [2.45, 2.75) is 12.8 Å². The molecule has 0 radical (unpaired) electrons. The minimum Gasteiger partial charge on any atom is -0.496 e. The lowest BCUT2D eigenvalue weighted by atomic mass is 10.1. The van der Waals surface area contributed by atoms with Crippen LogP contribution >= 0.6 is 0 Å². The third-order valence-corrected chi connectivity index (χ3v) is 2.68. The Balaban J connectivity index is 2.20. The van der Waals surface area contributed by atoms with Gasteiger partial charge in [0.25, 0.3) is 0 Å². The van der Waals surface area contributed by atoms with E-state index in [-0.39, 0.29) is 6.03 Å². The third kappa shape index (κ3) is 6.10. The van der Waals surface area contributed by atoms with Gasteiger partial charge in [-0.25, -0.2) is 4.79 Å². The van der Waals surface area contributed by atoms with E-state index in [1.165, 1.54) is 0 Å². The number of methoxy groups -OCH3 is 2. The van der Waals surface area contributed by atoms with Gasteiger partial charge in [-0.3, -0.25) is 0 Å². The monoisotopic (exact) mass is 266 g/mol. The molecule has 0 aliphatic heterocycles. The van der Waals surface area contributed by atoms with Crippen LogP contribution in [0.4, 0.5) is 4.79 Å². The van der Waals surface area contributed by atoms with Crippen LogP contribution in [0, 0.1) is 0 Å². The third-order valence-electron chi connectivity index (χ3n) is 2.68. The zero-order valence-corrected chi connectivity index (χ0v) is 11.6. The molecule has 2 amide bonds. The van der Waals surface area contributed by atoms with Gasteiger partial charge in [0.1, 0.15) is 5.75 Å². The van der Waals surface area contributed by atoms with E-state index in [1.807, 2.05) is 24.3 Å². The highest BCUT2D eigenvalue weighted by atomic mass is 16.5. The van der Waals surface area contributed by atoms with Gasteiger partial charge in [0.15, 0.2) is 0 Å². The Labute approximate surface area is 114 Å². The van der Waals surface area contributed by atoms with E-state index in [1.54, 1.807) is 14.2 Å². The summed E-state index contributed by atoms with van der Waals surface area (Å²) in [5.41, 5.74) is 1.09. The van der Waals surface area contributed by atoms with Crippen LogP contribution in [0.3, 0.4) is 0 Å². The Bertz CT molecular complexity index is 383. The van der Waals surface area contributed by atoms with Gasteiger partial charge >= 0.3 is 6.03 Å². The van der Waals surface area contributed by atoms with Crippen molar-refractivity contribution in [3.8, 4) is 5.75 Å². The van der Waals surface area contributed by atoms with Crippen molar-refractivity contribution in [1.29, 1.82) is 0 Å². The molecule has 19 heavy (non-hydrogen) atoms. The van der Waals surface area contributed by atoms with E-state index < -0.39 is 0 Å². The highest BCUT2D eigenvalue weighted by Gasteiger charge is 2.03. The molecule has 1 aromatic carbocycles. The van der Waals surface area contributed by atoms with Gasteiger partial charge in [0, 0.05) is 26.8 Å². The second-order valence-electron chi connectivity index (χ2n) is 4.09. The van der Waals surface area contributed by atoms with Crippen molar-refractivity contribution >= 4 is 6.03 Å². The molecule has 0 spiro atoms. The maximum absolute atomic E-state index is 11.5. The van der Waals surface area contributed by atoms with Crippen molar-refractivity contribution in [3.63, 3.8) is 0 Å². The van der Waals surface area contributed by atoms with Crippen LogP contribution in [0.1, 0.15) is 12.0 Å². The summed E-state index contributed by atoms with van der Waals surface area (Å²) in [5.74, 6) is 0.852. The molecule has 0 bridgehead atoms. The quantitative estimate of drug-likeness (QED) is 0.702. The zero-order chi connectivity index (χ0) is 13.9. The van der Waals surface area contributed by atoms with Gasteiger partial charge < -0.3 is 20.1 Å². The number of rotatable bonds is 8. The molecule has 0 heterocycles. The molecule has 5 nitrogen and oxygen atoms in total. The Morgan fingerprint density at radius 1 is 1.16 bits per heavy atom. The standard InChI is InChI=1S/C14H22N2O3/c1-18-11-5-9-15-14(17)16-10-8-12-6-3-4-7-13(12)19-2/h3-4,6-7H,5,8-11H2,1-2H3,(H2,15,16,17). The summed E-state index contributed by atoms with van der Waals surface area (Å²) in [6.07, 6.45) is 1.56. The summed E-state index contributed by atoms with van der Waals surface area (Å²) in [6, 6.07) is 7.66. The van der Waals surface area contributed by atoms with E-state index in [0.717, 1.165) is 24.2 Å². The second kappa shape index (κ2) is 9.22. The summed E-state index contributed by atoms with van der Waals surface area (Å²) in [5, 5.41) is 5.58. The molecule has 0 aliphatic carbocycles. The molecule has 1 rings (SSSR count). The number of para-hydroxylation sites is 1. The molecule has 0 aromatic heterocycles. The van der Waals surface area contributed by atoms with Crippen LogP contribution in [0.15, 0.2) is 24.3 Å². The summed E-state index contributed by atoms with van der Waals surface area (Å²) >= 11 is 0. The van der Waals surface area contributed by atoms with Crippen molar-refractivity contribution in [3.05, 3.63) is 29.8 Å². The first-order valence-corrected chi connectivity index (χ1v) is 6.40. The highest BCUT2D eigenvalue weighted by molar-refractivity contribution is 5.73. The predicted octanol–water partition coefficient (Wildman–Crippen LogP) is 1.57. The topological polar surface area (TPSA) is 59.6 Å². The molecule has 0 fully saturated rings. The number of nitrogens with one attached hydrogen (secondary N) is 2. The fourth-order valence-corrected chi connectivity index (χ4v) is 1.70. The van der Waals surface area contributed by atoms with Crippen LogP contribution in [0.5, 0.6) is 5.75 Å². The van der Waals surface area contributed by atoms with Crippen molar-refractivity contribution < 1.29 is 14.3 Å². The van der Waals surface area contributed by atoms with Crippen molar-refractivity contribution in [2.75, 3.05) is 33.9 Å². The SMILES string of the molecule is COCCCNC(=O)NCCc1ccccc1OC. The molecule has 1 aromatic rings.